The van der Waals surface area contributed by atoms with Crippen molar-refractivity contribution in [3.63, 3.8) is 0 Å². The van der Waals surface area contributed by atoms with Gasteiger partial charge >= 0.3 is 5.97 Å². The van der Waals surface area contributed by atoms with Crippen molar-refractivity contribution in [1.82, 2.24) is 5.32 Å². The van der Waals surface area contributed by atoms with E-state index in [1.54, 1.807) is 0 Å². The predicted molar refractivity (Wildman–Crippen MR) is 72.1 cm³/mol. The average molecular weight is 291 g/mol. The van der Waals surface area contributed by atoms with Gasteiger partial charge in [-0.3, -0.25) is 4.79 Å². The van der Waals surface area contributed by atoms with Crippen molar-refractivity contribution in [2.45, 2.75) is 30.8 Å². The molecule has 1 amide bonds. The molecule has 6 nitrogen and oxygen atoms in total. The van der Waals surface area contributed by atoms with Crippen LogP contribution in [0.2, 0.25) is 0 Å². The normalized spacial score (nSPS) is 32.0. The van der Waals surface area contributed by atoms with E-state index in [0.29, 0.717) is 19.4 Å². The van der Waals surface area contributed by atoms with Crippen LogP contribution in [0.4, 0.5) is 0 Å². The lowest BCUT2D eigenvalue weighted by molar-refractivity contribution is -0.198. The number of nitrogens with one attached hydrogen (secondary N) is 1. The lowest BCUT2D eigenvalue weighted by Crippen LogP contribution is -2.45. The summed E-state index contributed by atoms with van der Waals surface area (Å²) < 4.78 is 16.5. The fourth-order valence-corrected chi connectivity index (χ4v) is 2.76. The molecule has 3 rings (SSSR count). The van der Waals surface area contributed by atoms with E-state index in [1.165, 1.54) is 7.11 Å². The van der Waals surface area contributed by atoms with Crippen LogP contribution in [0.3, 0.4) is 0 Å². The average Bonchev–Trinajstić information content (AvgIpc) is 2.93. The number of rotatable bonds is 2. The molecule has 2 aliphatic rings. The van der Waals surface area contributed by atoms with Gasteiger partial charge in [-0.15, -0.1) is 0 Å². The van der Waals surface area contributed by atoms with Gasteiger partial charge in [0.2, 0.25) is 0 Å². The predicted octanol–water partition coefficient (Wildman–Crippen LogP) is 0.706. The summed E-state index contributed by atoms with van der Waals surface area (Å²) in [6.45, 7) is 0.532. The van der Waals surface area contributed by atoms with Gasteiger partial charge in [0.1, 0.15) is 0 Å². The van der Waals surface area contributed by atoms with Gasteiger partial charge in [0.25, 0.3) is 5.91 Å². The summed E-state index contributed by atoms with van der Waals surface area (Å²) in [5.41, 5.74) is 0.802. The largest absolute Gasteiger partial charge is 0.467 e. The standard InChI is InChI=1S/C15H17NO5/c1-19-14(18)12-11-13(17)16-9-5-8-15(20-11,21-12)10-6-3-2-4-7-10/h2-4,6-7,11-12H,5,8-9H2,1H3,(H,16,17)/t11-,12-,15-/m1/s1. The van der Waals surface area contributed by atoms with Gasteiger partial charge in [0.15, 0.2) is 18.0 Å². The summed E-state index contributed by atoms with van der Waals surface area (Å²) in [7, 11) is 1.27. The van der Waals surface area contributed by atoms with Crippen LogP contribution in [-0.4, -0.2) is 37.7 Å². The molecule has 0 radical (unpaired) electrons. The molecule has 1 aromatic carbocycles. The first-order chi connectivity index (χ1) is 10.2. The second-order valence-corrected chi connectivity index (χ2v) is 5.11. The molecule has 112 valence electrons. The number of ether oxygens (including phenoxy) is 3. The number of esters is 1. The topological polar surface area (TPSA) is 73.9 Å². The number of carbonyl (C=O) groups is 2. The van der Waals surface area contributed by atoms with Crippen molar-refractivity contribution in [2.24, 2.45) is 0 Å². The maximum absolute atomic E-state index is 12.1. The fourth-order valence-electron chi connectivity index (χ4n) is 2.76. The van der Waals surface area contributed by atoms with Crippen molar-refractivity contribution in [3.05, 3.63) is 35.9 Å². The number of hydrogen-bond acceptors (Lipinski definition) is 5. The number of hydrogen-bond donors (Lipinski definition) is 1. The first-order valence-corrected chi connectivity index (χ1v) is 6.93. The van der Waals surface area contributed by atoms with Crippen LogP contribution >= 0.6 is 0 Å². The van der Waals surface area contributed by atoms with Crippen LogP contribution in [0, 0.1) is 0 Å². The molecule has 2 bridgehead atoms. The van der Waals surface area contributed by atoms with Gasteiger partial charge in [-0.2, -0.15) is 0 Å². The summed E-state index contributed by atoms with van der Waals surface area (Å²) in [6, 6.07) is 9.37. The molecule has 0 aromatic heterocycles. The molecule has 2 saturated heterocycles. The number of benzene rings is 1. The lowest BCUT2D eigenvalue weighted by atomic mass is 10.00. The van der Waals surface area contributed by atoms with Gasteiger partial charge < -0.3 is 19.5 Å². The Labute approximate surface area is 122 Å². The number of amides is 1. The highest BCUT2D eigenvalue weighted by molar-refractivity contribution is 5.89. The number of carbonyl (C=O) groups excluding carboxylic acids is 2. The monoisotopic (exact) mass is 291 g/mol. The van der Waals surface area contributed by atoms with E-state index in [9.17, 15) is 9.59 Å². The minimum atomic E-state index is -1.07. The van der Waals surface area contributed by atoms with E-state index in [4.69, 9.17) is 14.2 Å². The molecule has 0 aliphatic carbocycles. The summed E-state index contributed by atoms with van der Waals surface area (Å²) in [4.78, 5) is 24.0. The molecule has 1 N–H and O–H groups in total. The molecule has 3 atom stereocenters. The van der Waals surface area contributed by atoms with Crippen LogP contribution in [0.1, 0.15) is 18.4 Å². The smallest absolute Gasteiger partial charge is 0.338 e. The molecule has 6 heteroatoms. The minimum Gasteiger partial charge on any atom is -0.467 e. The molecule has 2 aliphatic heterocycles. The molecule has 0 saturated carbocycles. The zero-order chi connectivity index (χ0) is 14.9. The Morgan fingerprint density at radius 2 is 2.10 bits per heavy atom. The van der Waals surface area contributed by atoms with Crippen molar-refractivity contribution in [1.29, 1.82) is 0 Å². The van der Waals surface area contributed by atoms with Crippen molar-refractivity contribution in [2.75, 3.05) is 13.7 Å². The zero-order valence-electron chi connectivity index (χ0n) is 11.7. The summed E-state index contributed by atoms with van der Waals surface area (Å²) in [5.74, 6) is -2.01. The van der Waals surface area contributed by atoms with Crippen LogP contribution in [0.15, 0.2) is 30.3 Å². The Hall–Kier alpha value is -1.92. The maximum Gasteiger partial charge on any atom is 0.338 e. The molecule has 2 fully saturated rings. The molecular weight excluding hydrogens is 274 g/mol. The number of fused-ring (bicyclic) bond motifs is 2. The van der Waals surface area contributed by atoms with Crippen molar-refractivity contribution in [3.8, 4) is 0 Å². The third kappa shape index (κ3) is 2.41. The highest BCUT2D eigenvalue weighted by Gasteiger charge is 2.55. The Kier molecular flexibility index (Phi) is 3.65. The Morgan fingerprint density at radius 3 is 2.81 bits per heavy atom. The summed E-state index contributed by atoms with van der Waals surface area (Å²) in [6.07, 6.45) is -0.783. The van der Waals surface area contributed by atoms with E-state index >= 15 is 0 Å². The van der Waals surface area contributed by atoms with Crippen LogP contribution in [0.25, 0.3) is 0 Å². The fraction of sp³-hybridized carbons (Fsp3) is 0.467. The SMILES string of the molecule is COC(=O)[C@@H]1O[C@@]2(c3ccccc3)CCCNC(=O)[C@@H]1O2. The van der Waals surface area contributed by atoms with E-state index in [1.807, 2.05) is 30.3 Å². The highest BCUT2D eigenvalue weighted by Crippen LogP contribution is 2.42. The molecule has 1 aromatic rings. The quantitative estimate of drug-likeness (QED) is 0.812. The molecule has 0 spiro atoms. The van der Waals surface area contributed by atoms with Crippen LogP contribution in [-0.2, 0) is 29.6 Å². The zero-order valence-corrected chi connectivity index (χ0v) is 11.7. The maximum atomic E-state index is 12.1. The van der Waals surface area contributed by atoms with Crippen molar-refractivity contribution >= 4 is 11.9 Å². The first-order valence-electron chi connectivity index (χ1n) is 6.93. The van der Waals surface area contributed by atoms with E-state index in [0.717, 1.165) is 5.56 Å². The summed E-state index contributed by atoms with van der Waals surface area (Å²) in [5, 5.41) is 2.74. The molecule has 2 heterocycles. The van der Waals surface area contributed by atoms with Crippen LogP contribution in [0.5, 0.6) is 0 Å². The Bertz CT molecular complexity index is 546. The second-order valence-electron chi connectivity index (χ2n) is 5.11. The molecule has 0 unspecified atom stereocenters. The van der Waals surface area contributed by atoms with Gasteiger partial charge in [0, 0.05) is 18.5 Å². The Morgan fingerprint density at radius 1 is 1.33 bits per heavy atom. The number of methoxy groups -OCH3 is 1. The van der Waals surface area contributed by atoms with Crippen LogP contribution < -0.4 is 5.32 Å². The molecule has 21 heavy (non-hydrogen) atoms. The van der Waals surface area contributed by atoms with E-state index in [2.05, 4.69) is 5.32 Å². The minimum absolute atomic E-state index is 0.345. The van der Waals surface area contributed by atoms with Gasteiger partial charge in [0.05, 0.1) is 7.11 Å². The van der Waals surface area contributed by atoms with E-state index in [-0.39, 0.29) is 5.91 Å². The Balaban J connectivity index is 2.00. The van der Waals surface area contributed by atoms with Gasteiger partial charge in [-0.1, -0.05) is 30.3 Å². The third-order valence-electron chi connectivity index (χ3n) is 3.80. The second kappa shape index (κ2) is 5.46. The summed E-state index contributed by atoms with van der Waals surface area (Å²) >= 11 is 0. The first kappa shape index (κ1) is 14.0. The van der Waals surface area contributed by atoms with Gasteiger partial charge in [-0.25, -0.2) is 4.79 Å². The van der Waals surface area contributed by atoms with Gasteiger partial charge in [-0.05, 0) is 6.42 Å². The lowest BCUT2D eigenvalue weighted by Gasteiger charge is -2.29. The highest BCUT2D eigenvalue weighted by atomic mass is 16.8. The third-order valence-corrected chi connectivity index (χ3v) is 3.80. The van der Waals surface area contributed by atoms with Crippen molar-refractivity contribution < 1.29 is 23.8 Å². The van der Waals surface area contributed by atoms with E-state index < -0.39 is 24.0 Å². The molecular formula is C15H17NO5.